The van der Waals surface area contributed by atoms with E-state index in [-0.39, 0.29) is 17.6 Å². The lowest BCUT2D eigenvalue weighted by Gasteiger charge is -2.30. The van der Waals surface area contributed by atoms with Gasteiger partial charge in [0.15, 0.2) is 0 Å². The first-order valence-electron chi connectivity index (χ1n) is 6.82. The maximum atomic E-state index is 12.8. The monoisotopic (exact) mass is 301 g/mol. The largest absolute Gasteiger partial charge is 0.418 e. The number of halogens is 3. The number of alkyl halides is 3. The Bertz CT molecular complexity index is 504. The van der Waals surface area contributed by atoms with Gasteiger partial charge in [-0.3, -0.25) is 0 Å². The maximum Gasteiger partial charge on any atom is 0.418 e. The van der Waals surface area contributed by atoms with E-state index in [1.165, 1.54) is 18.2 Å². The van der Waals surface area contributed by atoms with Crippen LogP contribution >= 0.6 is 0 Å². The highest BCUT2D eigenvalue weighted by Crippen LogP contribution is 2.34. The van der Waals surface area contributed by atoms with Gasteiger partial charge in [0.05, 0.1) is 11.3 Å². The normalized spacial score (nSPS) is 22.7. The third kappa shape index (κ3) is 4.10. The molecule has 0 radical (unpaired) electrons. The van der Waals surface area contributed by atoms with Gasteiger partial charge in [0.1, 0.15) is 0 Å². The first kappa shape index (κ1) is 15.6. The number of anilines is 1. The number of carbonyl (C=O) groups is 1. The van der Waals surface area contributed by atoms with Crippen LogP contribution in [0.4, 0.5) is 23.7 Å². The van der Waals surface area contributed by atoms with Crippen LogP contribution in [0.5, 0.6) is 0 Å². The molecule has 116 valence electrons. The third-order valence-corrected chi connectivity index (χ3v) is 3.58. The molecule has 0 aliphatic carbocycles. The Morgan fingerprint density at radius 2 is 2.05 bits per heavy atom. The molecule has 7 heteroatoms. The van der Waals surface area contributed by atoms with Crippen LogP contribution in [0, 0.1) is 5.92 Å². The molecule has 2 atom stereocenters. The van der Waals surface area contributed by atoms with Gasteiger partial charge in [0, 0.05) is 6.04 Å². The van der Waals surface area contributed by atoms with E-state index in [2.05, 4.69) is 16.0 Å². The van der Waals surface area contributed by atoms with E-state index in [1.54, 1.807) is 0 Å². The lowest BCUT2D eigenvalue weighted by Crippen LogP contribution is -2.49. The topological polar surface area (TPSA) is 53.2 Å². The van der Waals surface area contributed by atoms with Crippen molar-refractivity contribution >= 4 is 11.7 Å². The van der Waals surface area contributed by atoms with E-state index in [1.807, 2.05) is 6.92 Å². The molecule has 0 aromatic heterocycles. The van der Waals surface area contributed by atoms with Crippen molar-refractivity contribution in [3.8, 4) is 0 Å². The molecule has 1 aliphatic rings. The van der Waals surface area contributed by atoms with E-state index < -0.39 is 17.8 Å². The smallest absolute Gasteiger partial charge is 0.335 e. The van der Waals surface area contributed by atoms with Crippen LogP contribution < -0.4 is 16.0 Å². The highest BCUT2D eigenvalue weighted by atomic mass is 19.4. The number of rotatable bonds is 2. The van der Waals surface area contributed by atoms with Gasteiger partial charge in [-0.15, -0.1) is 0 Å². The van der Waals surface area contributed by atoms with Crippen molar-refractivity contribution in [1.29, 1.82) is 0 Å². The number of benzene rings is 1. The Balaban J connectivity index is 2.03. The second-order valence-electron chi connectivity index (χ2n) is 5.22. The molecular weight excluding hydrogens is 283 g/mol. The summed E-state index contributed by atoms with van der Waals surface area (Å²) in [6, 6.07) is 4.30. The molecule has 0 spiro atoms. The molecule has 1 aromatic rings. The summed E-state index contributed by atoms with van der Waals surface area (Å²) in [6.45, 7) is 3.55. The zero-order valence-electron chi connectivity index (χ0n) is 11.6. The molecule has 4 nitrogen and oxygen atoms in total. The summed E-state index contributed by atoms with van der Waals surface area (Å²) in [5.41, 5.74) is -1.08. The van der Waals surface area contributed by atoms with Gasteiger partial charge in [-0.1, -0.05) is 19.1 Å². The molecule has 0 bridgehead atoms. The molecule has 1 heterocycles. The molecule has 21 heavy (non-hydrogen) atoms. The second-order valence-corrected chi connectivity index (χ2v) is 5.22. The number of nitrogens with one attached hydrogen (secondary N) is 3. The Hall–Kier alpha value is -1.76. The lowest BCUT2D eigenvalue weighted by atomic mass is 9.95. The predicted octanol–water partition coefficient (Wildman–Crippen LogP) is 2.82. The van der Waals surface area contributed by atoms with Crippen molar-refractivity contribution in [2.24, 2.45) is 5.92 Å². The summed E-state index contributed by atoms with van der Waals surface area (Å²) in [4.78, 5) is 11.9. The summed E-state index contributed by atoms with van der Waals surface area (Å²) >= 11 is 0. The van der Waals surface area contributed by atoms with Crippen molar-refractivity contribution in [2.75, 3.05) is 18.4 Å². The minimum atomic E-state index is -4.49. The number of urea groups is 1. The van der Waals surface area contributed by atoms with Crippen molar-refractivity contribution in [3.05, 3.63) is 29.8 Å². The Morgan fingerprint density at radius 3 is 2.71 bits per heavy atom. The summed E-state index contributed by atoms with van der Waals surface area (Å²) in [5.74, 6) is 0.238. The molecule has 1 aromatic carbocycles. The quantitative estimate of drug-likeness (QED) is 0.787. The van der Waals surface area contributed by atoms with E-state index in [0.29, 0.717) is 0 Å². The van der Waals surface area contributed by atoms with Gasteiger partial charge >= 0.3 is 12.2 Å². The van der Waals surface area contributed by atoms with Crippen LogP contribution in [0.1, 0.15) is 18.9 Å². The van der Waals surface area contributed by atoms with Crippen molar-refractivity contribution in [3.63, 3.8) is 0 Å². The highest BCUT2D eigenvalue weighted by Gasteiger charge is 2.33. The summed E-state index contributed by atoms with van der Waals surface area (Å²) in [6.07, 6.45) is -3.73. The molecule has 1 fully saturated rings. The minimum absolute atomic E-state index is 0.0377. The SMILES string of the molecule is CC1CNCCC1NC(=O)Nc1ccccc1C(F)(F)F. The highest BCUT2D eigenvalue weighted by molar-refractivity contribution is 5.90. The number of hydrogen-bond acceptors (Lipinski definition) is 2. The van der Waals surface area contributed by atoms with Crippen LogP contribution in [-0.4, -0.2) is 25.2 Å². The number of hydrogen-bond donors (Lipinski definition) is 3. The zero-order valence-corrected chi connectivity index (χ0v) is 11.6. The van der Waals surface area contributed by atoms with Crippen molar-refractivity contribution in [1.82, 2.24) is 10.6 Å². The number of carbonyl (C=O) groups excluding carboxylic acids is 1. The Morgan fingerprint density at radius 1 is 1.33 bits per heavy atom. The van der Waals surface area contributed by atoms with E-state index in [0.717, 1.165) is 25.6 Å². The summed E-state index contributed by atoms with van der Waals surface area (Å²) in [7, 11) is 0. The Kier molecular flexibility index (Phi) is 4.72. The molecule has 1 aliphatic heterocycles. The molecule has 2 rings (SSSR count). The molecule has 2 unspecified atom stereocenters. The van der Waals surface area contributed by atoms with Gasteiger partial charge in [0.25, 0.3) is 0 Å². The van der Waals surface area contributed by atoms with E-state index in [9.17, 15) is 18.0 Å². The van der Waals surface area contributed by atoms with Gasteiger partial charge in [-0.05, 0) is 37.6 Å². The number of para-hydroxylation sites is 1. The zero-order chi connectivity index (χ0) is 15.5. The number of amides is 2. The molecule has 3 N–H and O–H groups in total. The maximum absolute atomic E-state index is 12.8. The standard InChI is InChI=1S/C14H18F3N3O/c1-9-8-18-7-6-11(9)19-13(21)20-12-5-3-2-4-10(12)14(15,16)17/h2-5,9,11,18H,6-8H2,1H3,(H2,19,20,21). The van der Waals surface area contributed by atoms with Crippen molar-refractivity contribution < 1.29 is 18.0 Å². The molecular formula is C14H18F3N3O. The molecule has 1 saturated heterocycles. The van der Waals surface area contributed by atoms with Gasteiger partial charge in [0.2, 0.25) is 0 Å². The fourth-order valence-electron chi connectivity index (χ4n) is 2.39. The number of piperidine rings is 1. The summed E-state index contributed by atoms with van der Waals surface area (Å²) < 4.78 is 38.5. The summed E-state index contributed by atoms with van der Waals surface area (Å²) in [5, 5.41) is 8.23. The van der Waals surface area contributed by atoms with Gasteiger partial charge in [-0.2, -0.15) is 13.2 Å². The van der Waals surface area contributed by atoms with Crippen LogP contribution in [-0.2, 0) is 6.18 Å². The second kappa shape index (κ2) is 6.34. The van der Waals surface area contributed by atoms with Crippen LogP contribution in [0.2, 0.25) is 0 Å². The fraction of sp³-hybridized carbons (Fsp3) is 0.500. The van der Waals surface area contributed by atoms with E-state index >= 15 is 0 Å². The predicted molar refractivity (Wildman–Crippen MR) is 74.0 cm³/mol. The third-order valence-electron chi connectivity index (χ3n) is 3.58. The minimum Gasteiger partial charge on any atom is -0.335 e. The molecule has 2 amide bonds. The van der Waals surface area contributed by atoms with Crippen LogP contribution in [0.25, 0.3) is 0 Å². The first-order valence-corrected chi connectivity index (χ1v) is 6.82. The van der Waals surface area contributed by atoms with Crippen LogP contribution in [0.3, 0.4) is 0 Å². The van der Waals surface area contributed by atoms with E-state index in [4.69, 9.17) is 0 Å². The fourth-order valence-corrected chi connectivity index (χ4v) is 2.39. The average molecular weight is 301 g/mol. The first-order chi connectivity index (χ1) is 9.88. The van der Waals surface area contributed by atoms with Gasteiger partial charge < -0.3 is 16.0 Å². The lowest BCUT2D eigenvalue weighted by molar-refractivity contribution is -0.136. The van der Waals surface area contributed by atoms with Crippen LogP contribution in [0.15, 0.2) is 24.3 Å². The van der Waals surface area contributed by atoms with Crippen molar-refractivity contribution in [2.45, 2.75) is 25.6 Å². The Labute approximate surface area is 121 Å². The van der Waals surface area contributed by atoms with Gasteiger partial charge in [-0.25, -0.2) is 4.79 Å². The molecule has 0 saturated carbocycles. The average Bonchev–Trinajstić information content (AvgIpc) is 2.41.